The van der Waals surface area contributed by atoms with Crippen LogP contribution in [0.2, 0.25) is 0 Å². The molecular formula is C12H11N5O2S. The fraction of sp³-hybridized carbons (Fsp3) is 0.0833. The van der Waals surface area contributed by atoms with Gasteiger partial charge in [-0.15, -0.1) is 0 Å². The van der Waals surface area contributed by atoms with Crippen LogP contribution in [0, 0.1) is 6.92 Å². The summed E-state index contributed by atoms with van der Waals surface area (Å²) in [5.41, 5.74) is 1.20. The molecule has 1 aromatic carbocycles. The van der Waals surface area contributed by atoms with Crippen molar-refractivity contribution in [2.24, 2.45) is 5.14 Å². The average molecular weight is 289 g/mol. The smallest absolute Gasteiger partial charge is 0.257 e. The minimum Gasteiger partial charge on any atom is -0.338 e. The number of aromatic nitrogens is 4. The Morgan fingerprint density at radius 3 is 2.45 bits per heavy atom. The first-order valence-corrected chi connectivity index (χ1v) is 7.32. The monoisotopic (exact) mass is 289 g/mol. The number of imidazole rings is 1. The summed E-state index contributed by atoms with van der Waals surface area (Å²) in [7, 11) is -3.97. The molecule has 2 aromatic heterocycles. The predicted molar refractivity (Wildman–Crippen MR) is 73.2 cm³/mol. The molecule has 3 aromatic rings. The van der Waals surface area contributed by atoms with Crippen molar-refractivity contribution in [2.45, 2.75) is 11.9 Å². The Balaban J connectivity index is 2.37. The van der Waals surface area contributed by atoms with E-state index < -0.39 is 10.0 Å². The second kappa shape index (κ2) is 4.36. The molecule has 0 aliphatic carbocycles. The third kappa shape index (κ3) is 2.15. The van der Waals surface area contributed by atoms with Crippen LogP contribution >= 0.6 is 0 Å². The highest BCUT2D eigenvalue weighted by atomic mass is 32.2. The van der Waals surface area contributed by atoms with Gasteiger partial charge in [-0.05, 0) is 6.92 Å². The highest BCUT2D eigenvalue weighted by Crippen LogP contribution is 2.22. The zero-order chi connectivity index (χ0) is 14.3. The van der Waals surface area contributed by atoms with Crippen LogP contribution in [0.1, 0.15) is 5.82 Å². The van der Waals surface area contributed by atoms with Gasteiger partial charge in [0.1, 0.15) is 11.3 Å². The molecular weight excluding hydrogens is 278 g/mol. The van der Waals surface area contributed by atoms with E-state index in [1.165, 1.54) is 0 Å². The quantitative estimate of drug-likeness (QED) is 0.682. The lowest BCUT2D eigenvalue weighted by molar-refractivity contribution is 0.595. The lowest BCUT2D eigenvalue weighted by Crippen LogP contribution is -2.15. The number of aromatic amines is 1. The molecule has 3 rings (SSSR count). The molecule has 0 saturated carbocycles. The maximum atomic E-state index is 11.7. The van der Waals surface area contributed by atoms with Crippen LogP contribution in [0.3, 0.4) is 0 Å². The Bertz CT molecular complexity index is 887. The molecule has 0 unspecified atom stereocenters. The van der Waals surface area contributed by atoms with Crippen LogP contribution in [0.4, 0.5) is 0 Å². The third-order valence-electron chi connectivity index (χ3n) is 2.74. The Morgan fingerprint density at radius 2 is 1.80 bits per heavy atom. The highest BCUT2D eigenvalue weighted by molar-refractivity contribution is 7.89. The number of aryl methyl sites for hydroxylation is 1. The first-order valence-electron chi connectivity index (χ1n) is 5.78. The summed E-state index contributed by atoms with van der Waals surface area (Å²) >= 11 is 0. The van der Waals surface area contributed by atoms with Crippen LogP contribution in [0.25, 0.3) is 22.6 Å². The van der Waals surface area contributed by atoms with E-state index in [0.717, 1.165) is 0 Å². The Kier molecular flexibility index (Phi) is 2.77. The SMILES string of the molecule is Cc1nc2nc(-c3ccccc3)nc(S(N)(=O)=O)c2[nH]1. The summed E-state index contributed by atoms with van der Waals surface area (Å²) in [6.07, 6.45) is 0. The first-order chi connectivity index (χ1) is 9.45. The topological polar surface area (TPSA) is 115 Å². The van der Waals surface area contributed by atoms with Gasteiger partial charge in [0.25, 0.3) is 10.0 Å². The first kappa shape index (κ1) is 12.7. The van der Waals surface area contributed by atoms with Crippen molar-refractivity contribution in [2.75, 3.05) is 0 Å². The number of H-pyrrole nitrogens is 1. The summed E-state index contributed by atoms with van der Waals surface area (Å²) < 4.78 is 23.4. The zero-order valence-corrected chi connectivity index (χ0v) is 11.3. The van der Waals surface area contributed by atoms with Crippen molar-refractivity contribution in [1.82, 2.24) is 19.9 Å². The lowest BCUT2D eigenvalue weighted by atomic mass is 10.2. The number of hydrogen-bond acceptors (Lipinski definition) is 5. The van der Waals surface area contributed by atoms with E-state index in [4.69, 9.17) is 5.14 Å². The summed E-state index contributed by atoms with van der Waals surface area (Å²) in [5.74, 6) is 0.818. The number of nitrogens with zero attached hydrogens (tertiary/aromatic N) is 3. The summed E-state index contributed by atoms with van der Waals surface area (Å²) in [4.78, 5) is 15.3. The van der Waals surface area contributed by atoms with E-state index in [9.17, 15) is 8.42 Å². The Morgan fingerprint density at radius 1 is 1.10 bits per heavy atom. The number of sulfonamides is 1. The third-order valence-corrected chi connectivity index (χ3v) is 3.57. The average Bonchev–Trinajstić information content (AvgIpc) is 2.77. The number of benzene rings is 1. The second-order valence-corrected chi connectivity index (χ2v) is 5.76. The van der Waals surface area contributed by atoms with Crippen molar-refractivity contribution in [3.63, 3.8) is 0 Å². The van der Waals surface area contributed by atoms with Crippen LogP contribution < -0.4 is 5.14 Å². The number of nitrogens with two attached hydrogens (primary N) is 1. The molecule has 2 heterocycles. The highest BCUT2D eigenvalue weighted by Gasteiger charge is 2.20. The number of primary sulfonamides is 1. The van der Waals surface area contributed by atoms with E-state index >= 15 is 0 Å². The standard InChI is InChI=1S/C12H11N5O2S/c1-7-14-9-11(15-7)16-10(8-5-3-2-4-6-8)17-12(9)20(13,18)19/h2-6H,1H3,(H2,13,18,19)(H,14,15,16,17). The molecule has 0 amide bonds. The number of fused-ring (bicyclic) bond motifs is 1. The van der Waals surface area contributed by atoms with Gasteiger partial charge in [0.2, 0.25) is 0 Å². The summed E-state index contributed by atoms with van der Waals surface area (Å²) in [5, 5.41) is 4.97. The van der Waals surface area contributed by atoms with E-state index in [1.807, 2.05) is 18.2 Å². The molecule has 0 atom stereocenters. The van der Waals surface area contributed by atoms with Gasteiger partial charge in [0, 0.05) is 5.56 Å². The molecule has 0 aliphatic heterocycles. The molecule has 0 aliphatic rings. The Hall–Kier alpha value is -2.32. The predicted octanol–water partition coefficient (Wildman–Crippen LogP) is 0.976. The van der Waals surface area contributed by atoms with Gasteiger partial charge in [-0.2, -0.15) is 0 Å². The summed E-state index contributed by atoms with van der Waals surface area (Å²) in [6, 6.07) is 9.05. The molecule has 8 heteroatoms. The lowest BCUT2D eigenvalue weighted by Gasteiger charge is -2.03. The van der Waals surface area contributed by atoms with Crippen molar-refractivity contribution in [3.05, 3.63) is 36.2 Å². The molecule has 7 nitrogen and oxygen atoms in total. The second-order valence-electron chi connectivity index (χ2n) is 4.28. The molecule has 0 fully saturated rings. The van der Waals surface area contributed by atoms with Crippen molar-refractivity contribution < 1.29 is 8.42 Å². The molecule has 0 spiro atoms. The van der Waals surface area contributed by atoms with Crippen molar-refractivity contribution in [1.29, 1.82) is 0 Å². The van der Waals surface area contributed by atoms with Crippen LogP contribution in [0.5, 0.6) is 0 Å². The fourth-order valence-electron chi connectivity index (χ4n) is 1.91. The van der Waals surface area contributed by atoms with E-state index in [1.54, 1.807) is 19.1 Å². The molecule has 3 N–H and O–H groups in total. The van der Waals surface area contributed by atoms with Gasteiger partial charge in [-0.1, -0.05) is 30.3 Å². The fourth-order valence-corrected chi connectivity index (χ4v) is 2.55. The number of hydrogen-bond donors (Lipinski definition) is 2. The van der Waals surface area contributed by atoms with E-state index in [2.05, 4.69) is 19.9 Å². The van der Waals surface area contributed by atoms with E-state index in [-0.39, 0.29) is 22.0 Å². The van der Waals surface area contributed by atoms with Crippen LogP contribution in [-0.2, 0) is 10.0 Å². The van der Waals surface area contributed by atoms with Gasteiger partial charge in [0.05, 0.1) is 0 Å². The molecule has 0 radical (unpaired) electrons. The van der Waals surface area contributed by atoms with Gasteiger partial charge in [-0.25, -0.2) is 28.5 Å². The normalized spacial score (nSPS) is 11.9. The van der Waals surface area contributed by atoms with Crippen LogP contribution in [-0.4, -0.2) is 28.4 Å². The molecule has 0 bridgehead atoms. The number of nitrogens with one attached hydrogen (secondary N) is 1. The molecule has 0 saturated heterocycles. The summed E-state index contributed by atoms with van der Waals surface area (Å²) in [6.45, 7) is 1.71. The maximum Gasteiger partial charge on any atom is 0.257 e. The minimum absolute atomic E-state index is 0.227. The van der Waals surface area contributed by atoms with Crippen LogP contribution in [0.15, 0.2) is 35.4 Å². The zero-order valence-electron chi connectivity index (χ0n) is 10.5. The van der Waals surface area contributed by atoms with E-state index in [0.29, 0.717) is 11.4 Å². The van der Waals surface area contributed by atoms with Crippen molar-refractivity contribution >= 4 is 21.2 Å². The van der Waals surface area contributed by atoms with Gasteiger partial charge < -0.3 is 4.98 Å². The Labute approximate surface area is 115 Å². The molecule has 102 valence electrons. The minimum atomic E-state index is -3.97. The van der Waals surface area contributed by atoms with Gasteiger partial charge >= 0.3 is 0 Å². The van der Waals surface area contributed by atoms with Gasteiger partial charge in [0.15, 0.2) is 16.5 Å². The number of rotatable bonds is 2. The van der Waals surface area contributed by atoms with Crippen molar-refractivity contribution in [3.8, 4) is 11.4 Å². The van der Waals surface area contributed by atoms with Gasteiger partial charge in [-0.3, -0.25) is 0 Å². The molecule has 20 heavy (non-hydrogen) atoms. The largest absolute Gasteiger partial charge is 0.338 e. The maximum absolute atomic E-state index is 11.7.